The minimum absolute atomic E-state index is 0.679. The van der Waals surface area contributed by atoms with E-state index in [1.807, 2.05) is 25.7 Å². The maximum absolute atomic E-state index is 4.15. The summed E-state index contributed by atoms with van der Waals surface area (Å²) in [6.45, 7) is 0. The molecule has 0 spiro atoms. The highest BCUT2D eigenvalue weighted by Gasteiger charge is 2.26. The summed E-state index contributed by atoms with van der Waals surface area (Å²) in [7, 11) is 1.81. The van der Waals surface area contributed by atoms with Crippen molar-refractivity contribution in [3.05, 3.63) is 30.2 Å². The second-order valence-electron chi connectivity index (χ2n) is 3.99. The lowest BCUT2D eigenvalue weighted by atomic mass is 10.3. The molecule has 3 heteroatoms. The molecule has 0 bridgehead atoms. The van der Waals surface area contributed by atoms with Gasteiger partial charge in [-0.15, -0.1) is 0 Å². The molecule has 1 saturated carbocycles. The van der Waals surface area contributed by atoms with Gasteiger partial charge in [0.25, 0.3) is 0 Å². The molecular formula is C12H13N3. The lowest BCUT2D eigenvalue weighted by Gasteiger charge is -2.04. The van der Waals surface area contributed by atoms with Crippen molar-refractivity contribution >= 4 is 17.1 Å². The van der Waals surface area contributed by atoms with Crippen LogP contribution in [0.15, 0.2) is 29.5 Å². The molecule has 1 aliphatic carbocycles. The number of aromatic nitrogens is 2. The number of hydrogen-bond acceptors (Lipinski definition) is 2. The van der Waals surface area contributed by atoms with E-state index < -0.39 is 0 Å². The molecule has 2 aromatic heterocycles. The van der Waals surface area contributed by atoms with Crippen LogP contribution in [0.1, 0.15) is 24.6 Å². The Balaban J connectivity index is 2.28. The molecule has 0 atom stereocenters. The molecule has 3 nitrogen and oxygen atoms in total. The first kappa shape index (κ1) is 8.65. The van der Waals surface area contributed by atoms with Crippen molar-refractivity contribution in [2.24, 2.45) is 4.99 Å². The Bertz CT molecular complexity index is 521. The van der Waals surface area contributed by atoms with Crippen LogP contribution in [0.4, 0.5) is 0 Å². The zero-order valence-corrected chi connectivity index (χ0v) is 8.72. The molecule has 0 aromatic carbocycles. The number of rotatable bonds is 2. The second-order valence-corrected chi connectivity index (χ2v) is 3.99. The summed E-state index contributed by atoms with van der Waals surface area (Å²) in [5, 5.41) is 1.21. The summed E-state index contributed by atoms with van der Waals surface area (Å²) in [5.74, 6) is 0. The van der Waals surface area contributed by atoms with Gasteiger partial charge in [-0.2, -0.15) is 0 Å². The average molecular weight is 199 g/mol. The predicted molar refractivity (Wildman–Crippen MR) is 61.5 cm³/mol. The third kappa shape index (κ3) is 1.35. The fourth-order valence-corrected chi connectivity index (χ4v) is 2.07. The molecule has 0 aliphatic heterocycles. The third-order valence-electron chi connectivity index (χ3n) is 2.84. The normalized spacial score (nSPS) is 16.6. The van der Waals surface area contributed by atoms with E-state index >= 15 is 0 Å². The SMILES string of the molecule is CN=Cc1cc2cnccc2n1C1CC1. The highest BCUT2D eigenvalue weighted by atomic mass is 15.1. The van der Waals surface area contributed by atoms with E-state index in [1.54, 1.807) is 0 Å². The highest BCUT2D eigenvalue weighted by Crippen LogP contribution is 2.38. The molecule has 2 aromatic rings. The second kappa shape index (κ2) is 3.19. The number of pyridine rings is 1. The van der Waals surface area contributed by atoms with E-state index in [-0.39, 0.29) is 0 Å². The molecule has 0 saturated heterocycles. The summed E-state index contributed by atoms with van der Waals surface area (Å²) in [6.07, 6.45) is 8.28. The van der Waals surface area contributed by atoms with Crippen LogP contribution in [-0.2, 0) is 0 Å². The Morgan fingerprint density at radius 1 is 1.53 bits per heavy atom. The van der Waals surface area contributed by atoms with Crippen molar-refractivity contribution in [3.8, 4) is 0 Å². The molecule has 0 amide bonds. The fraction of sp³-hybridized carbons (Fsp3) is 0.333. The van der Waals surface area contributed by atoms with Crippen LogP contribution in [0, 0.1) is 0 Å². The van der Waals surface area contributed by atoms with Crippen LogP contribution in [0.3, 0.4) is 0 Å². The van der Waals surface area contributed by atoms with Gasteiger partial charge in [-0.05, 0) is 25.0 Å². The average Bonchev–Trinajstić information content (AvgIpc) is 3.01. The summed E-state index contributed by atoms with van der Waals surface area (Å²) in [5.41, 5.74) is 2.48. The Labute approximate surface area is 88.5 Å². The molecular weight excluding hydrogens is 186 g/mol. The Kier molecular flexibility index (Phi) is 1.84. The molecule has 0 unspecified atom stereocenters. The summed E-state index contributed by atoms with van der Waals surface area (Å²) >= 11 is 0. The van der Waals surface area contributed by atoms with Crippen LogP contribution in [0.5, 0.6) is 0 Å². The van der Waals surface area contributed by atoms with Crippen molar-refractivity contribution < 1.29 is 0 Å². The summed E-state index contributed by atoms with van der Waals surface area (Å²) in [6, 6.07) is 4.92. The van der Waals surface area contributed by atoms with E-state index in [1.165, 1.54) is 29.4 Å². The van der Waals surface area contributed by atoms with Gasteiger partial charge < -0.3 is 4.57 Å². The Morgan fingerprint density at radius 2 is 2.40 bits per heavy atom. The summed E-state index contributed by atoms with van der Waals surface area (Å²) in [4.78, 5) is 8.26. The van der Waals surface area contributed by atoms with Crippen LogP contribution >= 0.6 is 0 Å². The van der Waals surface area contributed by atoms with Gasteiger partial charge >= 0.3 is 0 Å². The van der Waals surface area contributed by atoms with Crippen molar-refractivity contribution in [2.75, 3.05) is 7.05 Å². The molecule has 15 heavy (non-hydrogen) atoms. The van der Waals surface area contributed by atoms with Crippen molar-refractivity contribution in [3.63, 3.8) is 0 Å². The summed E-state index contributed by atoms with van der Waals surface area (Å²) < 4.78 is 2.38. The lowest BCUT2D eigenvalue weighted by Crippen LogP contribution is -1.98. The Hall–Kier alpha value is -1.64. The maximum atomic E-state index is 4.15. The minimum atomic E-state index is 0.679. The standard InChI is InChI=1S/C12H13N3/c1-13-8-11-6-9-7-14-5-4-12(9)15(11)10-2-3-10/h4-8,10H,2-3H2,1H3. The molecule has 3 rings (SSSR count). The van der Waals surface area contributed by atoms with E-state index in [0.717, 1.165) is 0 Å². The van der Waals surface area contributed by atoms with E-state index in [4.69, 9.17) is 0 Å². The smallest absolute Gasteiger partial charge is 0.0602 e. The zero-order valence-electron chi connectivity index (χ0n) is 8.72. The first-order valence-corrected chi connectivity index (χ1v) is 5.27. The van der Waals surface area contributed by atoms with E-state index in [0.29, 0.717) is 6.04 Å². The van der Waals surface area contributed by atoms with Crippen LogP contribution in [0.2, 0.25) is 0 Å². The monoisotopic (exact) mass is 199 g/mol. The molecule has 1 fully saturated rings. The van der Waals surface area contributed by atoms with Gasteiger partial charge in [0.15, 0.2) is 0 Å². The predicted octanol–water partition coefficient (Wildman–Crippen LogP) is 2.42. The van der Waals surface area contributed by atoms with Gasteiger partial charge in [-0.3, -0.25) is 9.98 Å². The van der Waals surface area contributed by atoms with Crippen LogP contribution < -0.4 is 0 Å². The molecule has 1 aliphatic rings. The quantitative estimate of drug-likeness (QED) is 0.683. The van der Waals surface area contributed by atoms with Gasteiger partial charge in [0, 0.05) is 37.1 Å². The molecule has 0 N–H and O–H groups in total. The van der Waals surface area contributed by atoms with E-state index in [2.05, 4.69) is 26.7 Å². The van der Waals surface area contributed by atoms with Crippen molar-refractivity contribution in [1.29, 1.82) is 0 Å². The first-order valence-electron chi connectivity index (χ1n) is 5.27. The first-order chi connectivity index (χ1) is 7.40. The van der Waals surface area contributed by atoms with Gasteiger partial charge in [0.1, 0.15) is 0 Å². The Morgan fingerprint density at radius 3 is 3.13 bits per heavy atom. The van der Waals surface area contributed by atoms with Crippen LogP contribution in [0.25, 0.3) is 10.9 Å². The number of nitrogens with zero attached hydrogens (tertiary/aromatic N) is 3. The van der Waals surface area contributed by atoms with Gasteiger partial charge in [0.05, 0.1) is 11.2 Å². The molecule has 0 radical (unpaired) electrons. The van der Waals surface area contributed by atoms with Gasteiger partial charge in [-0.1, -0.05) is 0 Å². The highest BCUT2D eigenvalue weighted by molar-refractivity contribution is 5.90. The molecule has 2 heterocycles. The van der Waals surface area contributed by atoms with Crippen LogP contribution in [-0.4, -0.2) is 22.8 Å². The topological polar surface area (TPSA) is 30.2 Å². The van der Waals surface area contributed by atoms with Gasteiger partial charge in [-0.25, -0.2) is 0 Å². The van der Waals surface area contributed by atoms with E-state index in [9.17, 15) is 0 Å². The third-order valence-corrected chi connectivity index (χ3v) is 2.84. The fourth-order valence-electron chi connectivity index (χ4n) is 2.07. The minimum Gasteiger partial charge on any atom is -0.337 e. The van der Waals surface area contributed by atoms with Crippen molar-refractivity contribution in [1.82, 2.24) is 9.55 Å². The zero-order chi connectivity index (χ0) is 10.3. The van der Waals surface area contributed by atoms with Gasteiger partial charge in [0.2, 0.25) is 0 Å². The number of fused-ring (bicyclic) bond motifs is 1. The number of hydrogen-bond donors (Lipinski definition) is 0. The lowest BCUT2D eigenvalue weighted by molar-refractivity contribution is 0.770. The number of aliphatic imine (C=N–C) groups is 1. The maximum Gasteiger partial charge on any atom is 0.0602 e. The largest absolute Gasteiger partial charge is 0.337 e. The van der Waals surface area contributed by atoms with Crippen molar-refractivity contribution in [2.45, 2.75) is 18.9 Å². The molecule has 76 valence electrons.